The SMILES string of the molecule is CCCc1sc(C(=O)NCCCNC(=O)c2cccc(O)c2)cc1CC. The molecule has 0 spiro atoms. The van der Waals surface area contributed by atoms with E-state index in [-0.39, 0.29) is 17.6 Å². The molecule has 6 heteroatoms. The van der Waals surface area contributed by atoms with Crippen LogP contribution in [-0.2, 0) is 12.8 Å². The highest BCUT2D eigenvalue weighted by molar-refractivity contribution is 7.14. The van der Waals surface area contributed by atoms with Gasteiger partial charge in [0.2, 0.25) is 0 Å². The Bertz CT molecular complexity index is 755. The van der Waals surface area contributed by atoms with Crippen molar-refractivity contribution in [2.75, 3.05) is 13.1 Å². The summed E-state index contributed by atoms with van der Waals surface area (Å²) < 4.78 is 0. The third-order valence-electron chi connectivity index (χ3n) is 4.01. The van der Waals surface area contributed by atoms with Crippen LogP contribution in [0.4, 0.5) is 0 Å². The van der Waals surface area contributed by atoms with Crippen LogP contribution >= 0.6 is 11.3 Å². The lowest BCUT2D eigenvalue weighted by Crippen LogP contribution is -2.29. The zero-order valence-corrected chi connectivity index (χ0v) is 16.1. The fourth-order valence-electron chi connectivity index (χ4n) is 2.64. The molecule has 0 aliphatic heterocycles. The number of thiophene rings is 1. The fourth-order valence-corrected chi connectivity index (χ4v) is 3.92. The van der Waals surface area contributed by atoms with Gasteiger partial charge >= 0.3 is 0 Å². The Labute approximate surface area is 158 Å². The third kappa shape index (κ3) is 5.59. The molecule has 5 nitrogen and oxygen atoms in total. The minimum absolute atomic E-state index is 0.0497. The number of carbonyl (C=O) groups excluding carboxylic acids is 2. The van der Waals surface area contributed by atoms with E-state index in [2.05, 4.69) is 24.5 Å². The van der Waals surface area contributed by atoms with Crippen molar-refractivity contribution in [3.8, 4) is 5.75 Å². The van der Waals surface area contributed by atoms with Gasteiger partial charge in [-0.15, -0.1) is 11.3 Å². The first-order chi connectivity index (χ1) is 12.5. The summed E-state index contributed by atoms with van der Waals surface area (Å²) in [5.74, 6) is -0.219. The van der Waals surface area contributed by atoms with Gasteiger partial charge in [0.05, 0.1) is 4.88 Å². The van der Waals surface area contributed by atoms with E-state index in [1.807, 2.05) is 6.07 Å². The average molecular weight is 375 g/mol. The summed E-state index contributed by atoms with van der Waals surface area (Å²) >= 11 is 1.58. The number of phenols is 1. The molecule has 0 fully saturated rings. The number of rotatable bonds is 9. The molecule has 3 N–H and O–H groups in total. The highest BCUT2D eigenvalue weighted by atomic mass is 32.1. The van der Waals surface area contributed by atoms with Crippen molar-refractivity contribution in [1.29, 1.82) is 0 Å². The second-order valence-electron chi connectivity index (χ2n) is 6.08. The van der Waals surface area contributed by atoms with Crippen LogP contribution < -0.4 is 10.6 Å². The first-order valence-corrected chi connectivity index (χ1v) is 9.83. The van der Waals surface area contributed by atoms with Crippen molar-refractivity contribution < 1.29 is 14.7 Å². The predicted molar refractivity (Wildman–Crippen MR) is 105 cm³/mol. The number of nitrogens with one attached hydrogen (secondary N) is 2. The van der Waals surface area contributed by atoms with Gasteiger partial charge in [0.1, 0.15) is 5.75 Å². The minimum Gasteiger partial charge on any atom is -0.508 e. The standard InChI is InChI=1S/C20H26N2O3S/c1-3-7-17-14(4-2)13-18(26-17)20(25)22-11-6-10-21-19(24)15-8-5-9-16(23)12-15/h5,8-9,12-13,23H,3-4,6-7,10-11H2,1-2H3,(H,21,24)(H,22,25). The number of aromatic hydroxyl groups is 1. The molecule has 1 aromatic carbocycles. The van der Waals surface area contributed by atoms with E-state index in [1.54, 1.807) is 23.5 Å². The molecule has 140 valence electrons. The normalized spacial score (nSPS) is 10.5. The molecule has 2 aromatic rings. The molecule has 0 unspecified atom stereocenters. The Balaban J connectivity index is 1.74. The molecule has 0 atom stereocenters. The van der Waals surface area contributed by atoms with E-state index in [4.69, 9.17) is 0 Å². The largest absolute Gasteiger partial charge is 0.508 e. The summed E-state index contributed by atoms with van der Waals surface area (Å²) in [6, 6.07) is 8.21. The van der Waals surface area contributed by atoms with Crippen LogP contribution in [0.1, 0.15) is 57.2 Å². The summed E-state index contributed by atoms with van der Waals surface area (Å²) in [5, 5.41) is 15.1. The molecular weight excluding hydrogens is 348 g/mol. The van der Waals surface area contributed by atoms with Crippen molar-refractivity contribution in [1.82, 2.24) is 10.6 Å². The third-order valence-corrected chi connectivity index (χ3v) is 5.25. The van der Waals surface area contributed by atoms with Crippen LogP contribution in [0.15, 0.2) is 30.3 Å². The van der Waals surface area contributed by atoms with Gasteiger partial charge in [-0.3, -0.25) is 9.59 Å². The number of hydrogen-bond donors (Lipinski definition) is 3. The van der Waals surface area contributed by atoms with E-state index < -0.39 is 0 Å². The summed E-state index contributed by atoms with van der Waals surface area (Å²) in [5.41, 5.74) is 1.68. The number of benzene rings is 1. The molecule has 0 saturated heterocycles. The highest BCUT2D eigenvalue weighted by Gasteiger charge is 2.13. The van der Waals surface area contributed by atoms with Crippen LogP contribution in [-0.4, -0.2) is 30.0 Å². The quantitative estimate of drug-likeness (QED) is 0.588. The Morgan fingerprint density at radius 2 is 1.81 bits per heavy atom. The predicted octanol–water partition coefficient (Wildman–Crippen LogP) is 3.52. The van der Waals surface area contributed by atoms with Crippen molar-refractivity contribution >= 4 is 23.2 Å². The van der Waals surface area contributed by atoms with Crippen LogP contribution in [0.25, 0.3) is 0 Å². The Morgan fingerprint density at radius 3 is 2.46 bits per heavy atom. The Kier molecular flexibility index (Phi) is 7.66. The van der Waals surface area contributed by atoms with Crippen LogP contribution in [0, 0.1) is 0 Å². The molecule has 2 rings (SSSR count). The lowest BCUT2D eigenvalue weighted by molar-refractivity contribution is 0.0952. The molecule has 1 aromatic heterocycles. The number of aryl methyl sites for hydroxylation is 2. The van der Waals surface area contributed by atoms with Gasteiger partial charge in [-0.05, 0) is 49.1 Å². The monoisotopic (exact) mass is 374 g/mol. The smallest absolute Gasteiger partial charge is 0.261 e. The second-order valence-corrected chi connectivity index (χ2v) is 7.22. The second kappa shape index (κ2) is 9.97. The molecule has 1 heterocycles. The number of amides is 2. The van der Waals surface area contributed by atoms with Crippen LogP contribution in [0.2, 0.25) is 0 Å². The first kappa shape index (κ1) is 20.0. The molecule has 0 bridgehead atoms. The molecule has 0 aliphatic rings. The summed E-state index contributed by atoms with van der Waals surface area (Å²) in [6.07, 6.45) is 3.68. The maximum atomic E-state index is 12.3. The van der Waals surface area contributed by atoms with E-state index in [9.17, 15) is 14.7 Å². The molecule has 0 radical (unpaired) electrons. The number of phenolic OH excluding ortho intramolecular Hbond substituents is 1. The summed E-state index contributed by atoms with van der Waals surface area (Å²) in [6.45, 7) is 5.21. The van der Waals surface area contributed by atoms with E-state index in [0.29, 0.717) is 25.1 Å². The first-order valence-electron chi connectivity index (χ1n) is 9.02. The number of hydrogen-bond acceptors (Lipinski definition) is 4. The van der Waals surface area contributed by atoms with E-state index in [1.165, 1.54) is 22.6 Å². The van der Waals surface area contributed by atoms with Crippen molar-refractivity contribution in [2.45, 2.75) is 39.5 Å². The molecule has 0 saturated carbocycles. The van der Waals surface area contributed by atoms with Crippen LogP contribution in [0.3, 0.4) is 0 Å². The van der Waals surface area contributed by atoms with Gasteiger partial charge in [0, 0.05) is 23.5 Å². The number of carbonyl (C=O) groups is 2. The zero-order chi connectivity index (χ0) is 18.9. The van der Waals surface area contributed by atoms with Gasteiger partial charge in [0.15, 0.2) is 0 Å². The van der Waals surface area contributed by atoms with Crippen LogP contribution in [0.5, 0.6) is 5.75 Å². The van der Waals surface area contributed by atoms with Gasteiger partial charge in [0.25, 0.3) is 11.8 Å². The molecule has 26 heavy (non-hydrogen) atoms. The van der Waals surface area contributed by atoms with E-state index >= 15 is 0 Å². The maximum absolute atomic E-state index is 12.3. The average Bonchev–Trinajstić information content (AvgIpc) is 3.04. The Morgan fingerprint density at radius 1 is 1.08 bits per heavy atom. The molecular formula is C20H26N2O3S. The zero-order valence-electron chi connectivity index (χ0n) is 15.3. The maximum Gasteiger partial charge on any atom is 0.261 e. The van der Waals surface area contributed by atoms with Crippen molar-refractivity contribution in [3.05, 3.63) is 51.2 Å². The van der Waals surface area contributed by atoms with Gasteiger partial charge in [-0.2, -0.15) is 0 Å². The van der Waals surface area contributed by atoms with Gasteiger partial charge < -0.3 is 15.7 Å². The minimum atomic E-state index is -0.234. The molecule has 0 aliphatic carbocycles. The van der Waals surface area contributed by atoms with Gasteiger partial charge in [-0.25, -0.2) is 0 Å². The highest BCUT2D eigenvalue weighted by Crippen LogP contribution is 2.24. The summed E-state index contributed by atoms with van der Waals surface area (Å²) in [7, 11) is 0. The van der Waals surface area contributed by atoms with E-state index in [0.717, 1.165) is 24.1 Å². The lowest BCUT2D eigenvalue weighted by atomic mass is 10.1. The lowest BCUT2D eigenvalue weighted by Gasteiger charge is -2.06. The molecule has 2 amide bonds. The van der Waals surface area contributed by atoms with Crippen molar-refractivity contribution in [3.63, 3.8) is 0 Å². The van der Waals surface area contributed by atoms with Gasteiger partial charge in [-0.1, -0.05) is 26.3 Å². The summed E-state index contributed by atoms with van der Waals surface area (Å²) in [4.78, 5) is 26.3. The van der Waals surface area contributed by atoms with Crippen molar-refractivity contribution in [2.24, 2.45) is 0 Å². The Hall–Kier alpha value is -2.34. The topological polar surface area (TPSA) is 78.4 Å². The fraction of sp³-hybridized carbons (Fsp3) is 0.400.